The van der Waals surface area contributed by atoms with Crippen molar-refractivity contribution >= 4 is 5.95 Å². The standard InChI is InChI=1S/C11H23N7/c1-3-10(4-5-12)17-6-8-18(9-7-17)11-13-14-15-16(11)2/h10H,3-9,12H2,1-2H3. The van der Waals surface area contributed by atoms with E-state index < -0.39 is 0 Å². The van der Waals surface area contributed by atoms with Crippen molar-refractivity contribution in [2.24, 2.45) is 12.8 Å². The van der Waals surface area contributed by atoms with Gasteiger partial charge in [0.15, 0.2) is 0 Å². The van der Waals surface area contributed by atoms with E-state index in [1.807, 2.05) is 7.05 Å². The lowest BCUT2D eigenvalue weighted by Gasteiger charge is -2.39. The number of tetrazole rings is 1. The number of rotatable bonds is 5. The molecule has 1 aromatic rings. The molecule has 1 saturated heterocycles. The van der Waals surface area contributed by atoms with Gasteiger partial charge in [0.05, 0.1) is 0 Å². The fourth-order valence-corrected chi connectivity index (χ4v) is 2.62. The molecule has 1 aliphatic rings. The van der Waals surface area contributed by atoms with Crippen molar-refractivity contribution in [2.45, 2.75) is 25.8 Å². The Balaban J connectivity index is 1.90. The summed E-state index contributed by atoms with van der Waals surface area (Å²) < 4.78 is 1.73. The summed E-state index contributed by atoms with van der Waals surface area (Å²) in [7, 11) is 1.88. The van der Waals surface area contributed by atoms with Crippen LogP contribution >= 0.6 is 0 Å². The molecule has 1 unspecified atom stereocenters. The Morgan fingerprint density at radius 2 is 2.00 bits per heavy atom. The number of hydrogen-bond donors (Lipinski definition) is 1. The summed E-state index contributed by atoms with van der Waals surface area (Å²) in [5, 5.41) is 11.6. The van der Waals surface area contributed by atoms with Crippen LogP contribution in [0.2, 0.25) is 0 Å². The Labute approximate surface area is 108 Å². The van der Waals surface area contributed by atoms with Gasteiger partial charge in [-0.3, -0.25) is 4.90 Å². The highest BCUT2D eigenvalue weighted by molar-refractivity contribution is 5.28. The zero-order valence-electron chi connectivity index (χ0n) is 11.3. The lowest BCUT2D eigenvalue weighted by atomic mass is 10.1. The Morgan fingerprint density at radius 3 is 2.50 bits per heavy atom. The third kappa shape index (κ3) is 2.78. The first-order valence-electron chi connectivity index (χ1n) is 6.67. The summed E-state index contributed by atoms with van der Waals surface area (Å²) in [4.78, 5) is 4.78. The van der Waals surface area contributed by atoms with Crippen molar-refractivity contribution < 1.29 is 0 Å². The van der Waals surface area contributed by atoms with E-state index in [0.29, 0.717) is 6.04 Å². The molecule has 0 radical (unpaired) electrons. The van der Waals surface area contributed by atoms with Crippen LogP contribution in [0, 0.1) is 0 Å². The molecule has 7 nitrogen and oxygen atoms in total. The molecular weight excluding hydrogens is 230 g/mol. The first-order valence-corrected chi connectivity index (χ1v) is 6.67. The number of piperazine rings is 1. The average molecular weight is 253 g/mol. The van der Waals surface area contributed by atoms with Crippen LogP contribution in [0.3, 0.4) is 0 Å². The highest BCUT2D eigenvalue weighted by Gasteiger charge is 2.24. The van der Waals surface area contributed by atoms with Gasteiger partial charge in [0.2, 0.25) is 5.95 Å². The van der Waals surface area contributed by atoms with E-state index >= 15 is 0 Å². The second-order valence-electron chi connectivity index (χ2n) is 4.76. The molecule has 0 spiro atoms. The quantitative estimate of drug-likeness (QED) is 0.759. The van der Waals surface area contributed by atoms with E-state index in [2.05, 4.69) is 32.2 Å². The Kier molecular flexibility index (Phi) is 4.48. The van der Waals surface area contributed by atoms with Crippen LogP contribution in [-0.4, -0.2) is 63.9 Å². The zero-order chi connectivity index (χ0) is 13.0. The van der Waals surface area contributed by atoms with Crippen LogP contribution in [-0.2, 0) is 7.05 Å². The molecule has 102 valence electrons. The number of aromatic nitrogens is 4. The molecular formula is C11H23N7. The first-order chi connectivity index (χ1) is 8.76. The summed E-state index contributed by atoms with van der Waals surface area (Å²) in [5.41, 5.74) is 5.67. The maximum Gasteiger partial charge on any atom is 0.245 e. The lowest BCUT2D eigenvalue weighted by Crippen LogP contribution is -2.51. The maximum absolute atomic E-state index is 5.67. The van der Waals surface area contributed by atoms with Gasteiger partial charge in [0, 0.05) is 39.3 Å². The molecule has 0 aromatic carbocycles. The molecule has 1 atom stereocenters. The number of nitrogens with two attached hydrogens (primary N) is 1. The fourth-order valence-electron chi connectivity index (χ4n) is 2.62. The van der Waals surface area contributed by atoms with Gasteiger partial charge in [-0.25, -0.2) is 4.68 Å². The first kappa shape index (κ1) is 13.2. The van der Waals surface area contributed by atoms with Crippen molar-refractivity contribution in [1.82, 2.24) is 25.1 Å². The summed E-state index contributed by atoms with van der Waals surface area (Å²) in [6.07, 6.45) is 2.25. The lowest BCUT2D eigenvalue weighted by molar-refractivity contribution is 0.172. The molecule has 7 heteroatoms. The van der Waals surface area contributed by atoms with E-state index in [9.17, 15) is 0 Å². The number of anilines is 1. The van der Waals surface area contributed by atoms with Crippen molar-refractivity contribution in [2.75, 3.05) is 37.6 Å². The SMILES string of the molecule is CCC(CCN)N1CCN(c2nnnn2C)CC1. The Bertz CT molecular complexity index is 356. The van der Waals surface area contributed by atoms with E-state index in [1.54, 1.807) is 4.68 Å². The van der Waals surface area contributed by atoms with Gasteiger partial charge in [-0.1, -0.05) is 12.0 Å². The average Bonchev–Trinajstić information content (AvgIpc) is 2.82. The van der Waals surface area contributed by atoms with Crippen LogP contribution in [0.1, 0.15) is 19.8 Å². The molecule has 2 heterocycles. The van der Waals surface area contributed by atoms with Crippen LogP contribution in [0.4, 0.5) is 5.95 Å². The van der Waals surface area contributed by atoms with E-state index in [1.165, 1.54) is 6.42 Å². The minimum absolute atomic E-state index is 0.620. The fraction of sp³-hybridized carbons (Fsp3) is 0.909. The largest absolute Gasteiger partial charge is 0.337 e. The minimum atomic E-state index is 0.620. The summed E-state index contributed by atoms with van der Waals surface area (Å²) in [6.45, 7) is 7.09. The second kappa shape index (κ2) is 6.10. The summed E-state index contributed by atoms with van der Waals surface area (Å²) in [5.74, 6) is 0.863. The highest BCUT2D eigenvalue weighted by atomic mass is 15.6. The van der Waals surface area contributed by atoms with Gasteiger partial charge >= 0.3 is 0 Å². The monoisotopic (exact) mass is 253 g/mol. The second-order valence-corrected chi connectivity index (χ2v) is 4.76. The van der Waals surface area contributed by atoms with Gasteiger partial charge < -0.3 is 10.6 Å². The Hall–Kier alpha value is -1.21. The summed E-state index contributed by atoms with van der Waals surface area (Å²) >= 11 is 0. The number of aryl methyl sites for hydroxylation is 1. The van der Waals surface area contributed by atoms with Gasteiger partial charge in [0.25, 0.3) is 0 Å². The summed E-state index contributed by atoms with van der Waals surface area (Å²) in [6, 6.07) is 0.620. The van der Waals surface area contributed by atoms with Crippen LogP contribution in [0.5, 0.6) is 0 Å². The molecule has 0 amide bonds. The van der Waals surface area contributed by atoms with Gasteiger partial charge in [-0.05, 0) is 29.8 Å². The molecule has 2 rings (SSSR count). The molecule has 0 bridgehead atoms. The zero-order valence-corrected chi connectivity index (χ0v) is 11.3. The molecule has 1 aromatic heterocycles. The van der Waals surface area contributed by atoms with Crippen molar-refractivity contribution in [3.8, 4) is 0 Å². The molecule has 2 N–H and O–H groups in total. The van der Waals surface area contributed by atoms with Gasteiger partial charge in [-0.15, -0.1) is 0 Å². The van der Waals surface area contributed by atoms with Crippen molar-refractivity contribution in [1.29, 1.82) is 0 Å². The topological polar surface area (TPSA) is 76.1 Å². The van der Waals surface area contributed by atoms with Gasteiger partial charge in [-0.2, -0.15) is 0 Å². The molecule has 1 aliphatic heterocycles. The third-order valence-electron chi connectivity index (χ3n) is 3.68. The van der Waals surface area contributed by atoms with E-state index in [-0.39, 0.29) is 0 Å². The minimum Gasteiger partial charge on any atom is -0.337 e. The predicted octanol–water partition coefficient (Wildman–Crippen LogP) is -0.540. The highest BCUT2D eigenvalue weighted by Crippen LogP contribution is 2.15. The van der Waals surface area contributed by atoms with Crippen molar-refractivity contribution in [3.05, 3.63) is 0 Å². The molecule has 18 heavy (non-hydrogen) atoms. The number of nitrogens with zero attached hydrogens (tertiary/aromatic N) is 6. The third-order valence-corrected chi connectivity index (χ3v) is 3.68. The molecule has 0 aliphatic carbocycles. The Morgan fingerprint density at radius 1 is 1.28 bits per heavy atom. The molecule has 1 fully saturated rings. The van der Waals surface area contributed by atoms with Crippen LogP contribution in [0.25, 0.3) is 0 Å². The van der Waals surface area contributed by atoms with E-state index in [4.69, 9.17) is 5.73 Å². The predicted molar refractivity (Wildman–Crippen MR) is 70.3 cm³/mol. The smallest absolute Gasteiger partial charge is 0.245 e. The molecule has 0 saturated carbocycles. The van der Waals surface area contributed by atoms with Crippen LogP contribution in [0.15, 0.2) is 0 Å². The van der Waals surface area contributed by atoms with Crippen LogP contribution < -0.4 is 10.6 Å². The number of hydrogen-bond acceptors (Lipinski definition) is 6. The van der Waals surface area contributed by atoms with Crippen molar-refractivity contribution in [3.63, 3.8) is 0 Å². The van der Waals surface area contributed by atoms with E-state index in [0.717, 1.165) is 45.1 Å². The normalized spacial score (nSPS) is 19.2. The van der Waals surface area contributed by atoms with Gasteiger partial charge in [0.1, 0.15) is 0 Å². The maximum atomic E-state index is 5.67.